The van der Waals surface area contributed by atoms with Crippen LogP contribution >= 0.6 is 0 Å². The molecule has 3 heterocycles. The minimum atomic E-state index is -2.84. The number of fused-ring (bicyclic) bond motifs is 2. The lowest BCUT2D eigenvalue weighted by Crippen LogP contribution is -2.40. The van der Waals surface area contributed by atoms with Crippen LogP contribution in [0, 0.1) is 6.92 Å². The maximum absolute atomic E-state index is 11.5. The van der Waals surface area contributed by atoms with E-state index in [0.29, 0.717) is 31.3 Å². The van der Waals surface area contributed by atoms with E-state index in [4.69, 9.17) is 9.47 Å². The van der Waals surface area contributed by atoms with Crippen molar-refractivity contribution in [3.8, 4) is 17.4 Å². The second-order valence-corrected chi connectivity index (χ2v) is 10.7. The summed E-state index contributed by atoms with van der Waals surface area (Å²) in [6, 6.07) is 13.7. The molecule has 0 spiro atoms. The van der Waals surface area contributed by atoms with Crippen LogP contribution in [0.3, 0.4) is 0 Å². The normalized spacial score (nSPS) is 16.3. The van der Waals surface area contributed by atoms with Crippen molar-refractivity contribution < 1.29 is 17.9 Å². The fourth-order valence-electron chi connectivity index (χ4n) is 4.07. The van der Waals surface area contributed by atoms with Gasteiger partial charge in [0.2, 0.25) is 5.88 Å². The van der Waals surface area contributed by atoms with Gasteiger partial charge in [-0.15, -0.1) is 0 Å². The maximum atomic E-state index is 11.5. The van der Waals surface area contributed by atoms with Gasteiger partial charge in [0.1, 0.15) is 17.8 Å². The molecule has 0 unspecified atom stereocenters. The molecule has 1 aliphatic rings. The van der Waals surface area contributed by atoms with Gasteiger partial charge in [-0.05, 0) is 49.7 Å². The van der Waals surface area contributed by atoms with Gasteiger partial charge in [-0.2, -0.15) is 0 Å². The Kier molecular flexibility index (Phi) is 5.90. The second kappa shape index (κ2) is 8.99. The zero-order chi connectivity index (χ0) is 22.8. The highest BCUT2D eigenvalue weighted by Gasteiger charge is 2.20. The van der Waals surface area contributed by atoms with E-state index in [1.807, 2.05) is 43.3 Å². The number of aromatic amines is 1. The van der Waals surface area contributed by atoms with Crippen LogP contribution < -0.4 is 9.47 Å². The number of ether oxygens (including phenoxy) is 2. The number of rotatable bonds is 7. The Morgan fingerprint density at radius 3 is 2.70 bits per heavy atom. The number of hydrogen-bond donors (Lipinski definition) is 1. The van der Waals surface area contributed by atoms with Crippen LogP contribution in [-0.2, 0) is 9.84 Å². The summed E-state index contributed by atoms with van der Waals surface area (Å²) in [5.41, 5.74) is 2.92. The Hall–Kier alpha value is -3.17. The molecule has 0 radical (unpaired) electrons. The minimum Gasteiger partial charge on any atom is -0.493 e. The third-order valence-electron chi connectivity index (χ3n) is 5.84. The molecule has 0 bridgehead atoms. The van der Waals surface area contributed by atoms with Gasteiger partial charge in [0.05, 0.1) is 29.0 Å². The predicted octanol–water partition coefficient (Wildman–Crippen LogP) is 3.71. The Morgan fingerprint density at radius 2 is 1.85 bits per heavy atom. The van der Waals surface area contributed by atoms with Gasteiger partial charge in [0.15, 0.2) is 9.84 Å². The summed E-state index contributed by atoms with van der Waals surface area (Å²) in [5, 5.41) is 1.90. The summed E-state index contributed by atoms with van der Waals surface area (Å²) in [6.07, 6.45) is 2.32. The molecule has 1 fully saturated rings. The molecule has 5 rings (SSSR count). The first-order chi connectivity index (χ1) is 15.9. The number of hydrogen-bond acceptors (Lipinski definition) is 7. The number of aromatic nitrogens is 3. The summed E-state index contributed by atoms with van der Waals surface area (Å²) < 4.78 is 35.0. The zero-order valence-electron chi connectivity index (χ0n) is 18.5. The van der Waals surface area contributed by atoms with E-state index in [1.54, 1.807) is 0 Å². The lowest BCUT2D eigenvalue weighted by atomic mass is 10.2. The van der Waals surface area contributed by atoms with Gasteiger partial charge in [0, 0.05) is 42.3 Å². The Labute approximate surface area is 192 Å². The van der Waals surface area contributed by atoms with Crippen molar-refractivity contribution in [2.45, 2.75) is 13.3 Å². The molecule has 0 atom stereocenters. The number of aryl methyl sites for hydroxylation is 1. The molecule has 1 N–H and O–H groups in total. The summed E-state index contributed by atoms with van der Waals surface area (Å²) in [6.45, 7) is 4.62. The fraction of sp³-hybridized carbons (Fsp3) is 0.333. The Morgan fingerprint density at radius 1 is 1.03 bits per heavy atom. The fourth-order valence-corrected chi connectivity index (χ4v) is 5.34. The largest absolute Gasteiger partial charge is 0.493 e. The minimum absolute atomic E-state index is 0.251. The van der Waals surface area contributed by atoms with Crippen molar-refractivity contribution >= 4 is 31.6 Å². The number of benzene rings is 2. The number of nitrogens with zero attached hydrogens (tertiary/aromatic N) is 3. The molecule has 2 aromatic carbocycles. The average molecular weight is 467 g/mol. The van der Waals surface area contributed by atoms with Crippen LogP contribution in [0.25, 0.3) is 21.8 Å². The second-order valence-electron chi connectivity index (χ2n) is 8.36. The van der Waals surface area contributed by atoms with Crippen LogP contribution in [0.15, 0.2) is 48.8 Å². The van der Waals surface area contributed by atoms with Crippen molar-refractivity contribution in [3.05, 3.63) is 54.5 Å². The van der Waals surface area contributed by atoms with Gasteiger partial charge in [-0.1, -0.05) is 0 Å². The van der Waals surface area contributed by atoms with Crippen LogP contribution in [0.2, 0.25) is 0 Å². The first kappa shape index (κ1) is 21.7. The standard InChI is InChI=1S/C24H26N4O4S/c1-17-13-18-14-20(4-6-22(18)27-17)32-24-21-5-3-19(15-23(21)25-16-26-24)31-10-2-7-28-8-11-33(29,30)12-9-28/h3-6,13-16,27H,2,7-12H2,1H3. The average Bonchev–Trinajstić information content (AvgIpc) is 3.17. The predicted molar refractivity (Wildman–Crippen MR) is 128 cm³/mol. The number of sulfone groups is 1. The summed E-state index contributed by atoms with van der Waals surface area (Å²) >= 11 is 0. The first-order valence-corrected chi connectivity index (χ1v) is 12.8. The number of H-pyrrole nitrogens is 1. The maximum Gasteiger partial charge on any atom is 0.230 e. The van der Waals surface area contributed by atoms with Gasteiger partial charge >= 0.3 is 0 Å². The quantitative estimate of drug-likeness (QED) is 0.415. The van der Waals surface area contributed by atoms with Crippen molar-refractivity contribution in [1.82, 2.24) is 19.9 Å². The highest BCUT2D eigenvalue weighted by Crippen LogP contribution is 2.30. The highest BCUT2D eigenvalue weighted by atomic mass is 32.2. The molecule has 8 nitrogen and oxygen atoms in total. The molecule has 0 amide bonds. The third kappa shape index (κ3) is 5.09. The van der Waals surface area contributed by atoms with Crippen LogP contribution in [0.4, 0.5) is 0 Å². The first-order valence-electron chi connectivity index (χ1n) is 11.0. The van der Waals surface area contributed by atoms with E-state index >= 15 is 0 Å². The Bertz CT molecular complexity index is 1390. The molecule has 1 aliphatic heterocycles. The molecule has 172 valence electrons. The molecule has 9 heteroatoms. The molecular formula is C24H26N4O4S. The highest BCUT2D eigenvalue weighted by molar-refractivity contribution is 7.91. The monoisotopic (exact) mass is 466 g/mol. The van der Waals surface area contributed by atoms with E-state index in [-0.39, 0.29) is 11.5 Å². The van der Waals surface area contributed by atoms with Gasteiger partial charge < -0.3 is 19.4 Å². The van der Waals surface area contributed by atoms with Crippen LogP contribution in [-0.4, -0.2) is 66.0 Å². The SMILES string of the molecule is Cc1cc2cc(Oc3ncnc4cc(OCCCN5CCS(=O)(=O)CC5)ccc34)ccc2[nH]1. The van der Waals surface area contributed by atoms with E-state index in [2.05, 4.69) is 25.9 Å². The number of nitrogens with one attached hydrogen (secondary N) is 1. The van der Waals surface area contributed by atoms with E-state index in [9.17, 15) is 8.42 Å². The van der Waals surface area contributed by atoms with Gasteiger partial charge in [-0.3, -0.25) is 0 Å². The van der Waals surface area contributed by atoms with Crippen LogP contribution in [0.5, 0.6) is 17.4 Å². The molecular weight excluding hydrogens is 440 g/mol. The van der Waals surface area contributed by atoms with Gasteiger partial charge in [-0.25, -0.2) is 18.4 Å². The lowest BCUT2D eigenvalue weighted by Gasteiger charge is -2.26. The van der Waals surface area contributed by atoms with Crippen molar-refractivity contribution in [2.75, 3.05) is 37.7 Å². The lowest BCUT2D eigenvalue weighted by molar-refractivity contribution is 0.246. The van der Waals surface area contributed by atoms with E-state index in [1.165, 1.54) is 6.33 Å². The molecule has 1 saturated heterocycles. The summed E-state index contributed by atoms with van der Waals surface area (Å²) in [7, 11) is -2.84. The van der Waals surface area contributed by atoms with E-state index in [0.717, 1.165) is 46.2 Å². The summed E-state index contributed by atoms with van der Waals surface area (Å²) in [4.78, 5) is 14.2. The molecule has 33 heavy (non-hydrogen) atoms. The topological polar surface area (TPSA) is 97.4 Å². The third-order valence-corrected chi connectivity index (χ3v) is 7.45. The van der Waals surface area contributed by atoms with Crippen molar-refractivity contribution in [3.63, 3.8) is 0 Å². The smallest absolute Gasteiger partial charge is 0.230 e. The Balaban J connectivity index is 1.21. The van der Waals surface area contributed by atoms with Crippen molar-refractivity contribution in [1.29, 1.82) is 0 Å². The van der Waals surface area contributed by atoms with Crippen molar-refractivity contribution in [2.24, 2.45) is 0 Å². The molecule has 0 saturated carbocycles. The van der Waals surface area contributed by atoms with E-state index < -0.39 is 9.84 Å². The molecule has 2 aromatic heterocycles. The molecule has 0 aliphatic carbocycles. The van der Waals surface area contributed by atoms with Gasteiger partial charge in [0.25, 0.3) is 0 Å². The van der Waals surface area contributed by atoms with Crippen LogP contribution in [0.1, 0.15) is 12.1 Å². The zero-order valence-corrected chi connectivity index (χ0v) is 19.3. The summed E-state index contributed by atoms with van der Waals surface area (Å²) in [5.74, 6) is 2.45. The molecule has 4 aromatic rings.